The van der Waals surface area contributed by atoms with Gasteiger partial charge < -0.3 is 53.1 Å². The predicted octanol–water partition coefficient (Wildman–Crippen LogP) is 22.6. The molecule has 0 heterocycles. The quantitative estimate of drug-likeness (QED) is 0.0213. The fourth-order valence-electron chi connectivity index (χ4n) is 10.8. The molecular formula is C79H142NO12W-. The summed E-state index contributed by atoms with van der Waals surface area (Å²) in [6, 6.07) is 13.7. The van der Waals surface area contributed by atoms with Gasteiger partial charge in [-0.1, -0.05) is 321 Å². The Balaban J connectivity index is 0. The van der Waals surface area contributed by atoms with Gasteiger partial charge in [0, 0.05) is 77.7 Å². The van der Waals surface area contributed by atoms with Gasteiger partial charge >= 0.3 is 12.1 Å². The largest absolute Gasteiger partial charge is 0.519 e. The van der Waals surface area contributed by atoms with Crippen LogP contribution in [0.5, 0.6) is 23.0 Å². The van der Waals surface area contributed by atoms with Crippen molar-refractivity contribution < 1.29 is 78.5 Å². The molecule has 2 rings (SSSR count). The average Bonchev–Trinajstić information content (AvgIpc) is 1.11. The van der Waals surface area contributed by atoms with Crippen LogP contribution in [-0.4, -0.2) is 89.0 Å². The molecule has 0 saturated carbocycles. The van der Waals surface area contributed by atoms with Crippen LogP contribution in [0.4, 0.5) is 4.79 Å². The zero-order valence-corrected chi connectivity index (χ0v) is 64.3. The van der Waals surface area contributed by atoms with E-state index in [1.54, 1.807) is 20.3 Å². The van der Waals surface area contributed by atoms with E-state index in [9.17, 15) is 9.59 Å². The van der Waals surface area contributed by atoms with Gasteiger partial charge in [0.05, 0.1) is 31.0 Å². The first-order valence-corrected chi connectivity index (χ1v) is 37.6. The number of carbonyl (C=O) groups excluding carboxylic acids is 3. The Morgan fingerprint density at radius 3 is 1.26 bits per heavy atom. The maximum atomic E-state index is 13.0. The molecule has 0 aliphatic heterocycles. The van der Waals surface area contributed by atoms with Crippen LogP contribution in [0.25, 0.3) is 0 Å². The Kier molecular flexibility index (Phi) is 66.8. The van der Waals surface area contributed by atoms with E-state index >= 15 is 0 Å². The first kappa shape index (κ1) is 92.0. The summed E-state index contributed by atoms with van der Waals surface area (Å²) in [5.41, 5.74) is -0.105. The van der Waals surface area contributed by atoms with Gasteiger partial charge in [0.15, 0.2) is 6.29 Å². The minimum Gasteiger partial charge on any atom is -0.519 e. The number of amides is 1. The molecule has 0 radical (unpaired) electrons. The predicted molar refractivity (Wildman–Crippen MR) is 383 cm³/mol. The minimum atomic E-state index is -0.679. The smallest absolute Gasteiger partial charge is 0.410 e. The number of esters is 1. The van der Waals surface area contributed by atoms with Crippen molar-refractivity contribution in [3.05, 3.63) is 48.0 Å². The van der Waals surface area contributed by atoms with Crippen molar-refractivity contribution in [3.8, 4) is 23.0 Å². The minimum absolute atomic E-state index is 0. The van der Waals surface area contributed by atoms with E-state index in [0.29, 0.717) is 44.3 Å². The van der Waals surface area contributed by atoms with Gasteiger partial charge in [-0.2, -0.15) is 0 Å². The van der Waals surface area contributed by atoms with Gasteiger partial charge in [-0.15, -0.1) is 0 Å². The van der Waals surface area contributed by atoms with Gasteiger partial charge in [-0.05, 0) is 59.1 Å². The molecule has 0 spiro atoms. The molecule has 14 heteroatoms. The number of ether oxygens (including phenoxy) is 8. The van der Waals surface area contributed by atoms with Crippen LogP contribution < -0.4 is 24.3 Å². The molecule has 2 N–H and O–H groups in total. The maximum Gasteiger partial charge on any atom is 0.410 e. The van der Waals surface area contributed by atoms with Crippen molar-refractivity contribution in [1.82, 2.24) is 5.32 Å². The van der Waals surface area contributed by atoms with Crippen LogP contribution in [0, 0.1) is 6.07 Å². The monoisotopic (exact) mass is 1480 g/mol. The molecule has 93 heavy (non-hydrogen) atoms. The van der Waals surface area contributed by atoms with E-state index in [2.05, 4.69) is 32.2 Å². The summed E-state index contributed by atoms with van der Waals surface area (Å²) >= 11 is 0. The molecule has 0 bridgehead atoms. The fraction of sp³-hybridized carbons (Fsp3) is 0.810. The molecule has 542 valence electrons. The van der Waals surface area contributed by atoms with Crippen molar-refractivity contribution in [1.29, 1.82) is 0 Å². The second kappa shape index (κ2) is 67.5. The molecule has 1 atom stereocenters. The van der Waals surface area contributed by atoms with Crippen LogP contribution in [-0.2, 0) is 49.6 Å². The zero-order valence-electron chi connectivity index (χ0n) is 61.4. The second-order valence-corrected chi connectivity index (χ2v) is 26.8. The third-order valence-electron chi connectivity index (χ3n) is 16.9. The summed E-state index contributed by atoms with van der Waals surface area (Å²) in [5.74, 6) is 1.09. The third-order valence-corrected chi connectivity index (χ3v) is 16.9. The average molecular weight is 1480 g/mol. The van der Waals surface area contributed by atoms with Crippen molar-refractivity contribution in [2.75, 3.05) is 53.8 Å². The van der Waals surface area contributed by atoms with E-state index in [1.807, 2.05) is 58.7 Å². The van der Waals surface area contributed by atoms with Crippen LogP contribution in [0.1, 0.15) is 356 Å². The first-order valence-electron chi connectivity index (χ1n) is 37.6. The van der Waals surface area contributed by atoms with Gasteiger partial charge in [-0.3, -0.25) is 4.79 Å². The molecule has 1 unspecified atom stereocenters. The summed E-state index contributed by atoms with van der Waals surface area (Å²) in [7, 11) is 3.24. The standard InChI is InChI=1S/C61H104NO10.C17H36O.CH2O.W/c1-9-11-13-15-17-19-21-23-25-27-29-31-33-35-37-39-57(63)71-55-47-54(67-45-38-36-34-32-30-28-26-24-22-20-18-16-14-12-10-2)48-56(49-55)72-59(64)62-44-46-68-58(65-7)52-40-42-53(43-41-52)69-50-61(5,6)70-51-60(3,4)66-8;1-2-3-4-5-6-7-8-9-10-11-12-13-14-15-16-17-18;1-2;/h40-43,48-49,58H,9-39,44-46,50-51H2,1-8H3,(H,62,64);18H,2-17H2,1H3;1H2;/q-1;;;. The van der Waals surface area contributed by atoms with Gasteiger partial charge in [0.1, 0.15) is 19.1 Å². The van der Waals surface area contributed by atoms with Crippen molar-refractivity contribution in [2.24, 2.45) is 0 Å². The van der Waals surface area contributed by atoms with Crippen LogP contribution in [0.3, 0.4) is 0 Å². The number of rotatable bonds is 63. The Morgan fingerprint density at radius 2 is 0.860 bits per heavy atom. The van der Waals surface area contributed by atoms with E-state index < -0.39 is 18.0 Å². The second-order valence-electron chi connectivity index (χ2n) is 26.8. The molecule has 0 saturated heterocycles. The molecule has 0 fully saturated rings. The van der Waals surface area contributed by atoms with Crippen molar-refractivity contribution in [2.45, 2.75) is 361 Å². The Morgan fingerprint density at radius 1 is 0.473 bits per heavy atom. The number of hydrogen-bond donors (Lipinski definition) is 2. The van der Waals surface area contributed by atoms with Gasteiger partial charge in [0.25, 0.3) is 0 Å². The Labute approximate surface area is 585 Å². The number of hydrogen-bond acceptors (Lipinski definition) is 12. The number of methoxy groups -OCH3 is 2. The summed E-state index contributed by atoms with van der Waals surface area (Å²) in [4.78, 5) is 34.0. The third kappa shape index (κ3) is 59.9. The summed E-state index contributed by atoms with van der Waals surface area (Å²) < 4.78 is 46.6. The normalized spacial score (nSPS) is 11.6. The summed E-state index contributed by atoms with van der Waals surface area (Å²) in [6.45, 7) is 18.7. The molecule has 2 aromatic rings. The maximum absolute atomic E-state index is 13.0. The van der Waals surface area contributed by atoms with E-state index in [0.717, 1.165) is 44.1 Å². The molecule has 1 amide bonds. The summed E-state index contributed by atoms with van der Waals surface area (Å²) in [5, 5.41) is 11.4. The SMILES string of the molecule is C=O.CCCCCCCCCCCCCCCCCO.CCCCCCCCCCCCCCCCCOc1[c-]c(OC(=O)CCCCCCCCCCCCCCCCC)cc(OC(=O)NCCOC(OC)c2ccc(OCC(C)(C)OCC(C)(C)OC)cc2)c1.[W]. The zero-order chi connectivity index (χ0) is 67.7. The van der Waals surface area contributed by atoms with Crippen molar-refractivity contribution >= 4 is 18.9 Å². The number of aliphatic hydroxyl groups excluding tert-OH is 1. The molecule has 0 aliphatic rings. The number of nitrogens with one attached hydrogen (secondary N) is 1. The fourth-order valence-corrected chi connectivity index (χ4v) is 10.8. The van der Waals surface area contributed by atoms with E-state index in [4.69, 9.17) is 47.8 Å². The number of benzene rings is 2. The first-order chi connectivity index (χ1) is 44.8. The molecular weight excluding hydrogens is 1340 g/mol. The molecule has 0 aromatic heterocycles. The van der Waals surface area contributed by atoms with Gasteiger partial charge in [-0.25, -0.2) is 4.79 Å². The van der Waals surface area contributed by atoms with Gasteiger partial charge in [0.2, 0.25) is 0 Å². The van der Waals surface area contributed by atoms with E-state index in [-0.39, 0.29) is 57.3 Å². The number of unbranched alkanes of at least 4 members (excludes halogenated alkanes) is 42. The molecule has 13 nitrogen and oxygen atoms in total. The van der Waals surface area contributed by atoms with Crippen LogP contribution in [0.2, 0.25) is 0 Å². The van der Waals surface area contributed by atoms with Crippen LogP contribution in [0.15, 0.2) is 36.4 Å². The number of aliphatic hydroxyl groups is 1. The van der Waals surface area contributed by atoms with E-state index in [1.165, 1.54) is 256 Å². The Bertz CT molecular complexity index is 1900. The van der Waals surface area contributed by atoms with Crippen molar-refractivity contribution in [3.63, 3.8) is 0 Å². The summed E-state index contributed by atoms with van der Waals surface area (Å²) in [6.07, 6.45) is 58.0. The topological polar surface area (TPSA) is 157 Å². The Hall–Kier alpha value is -3.06. The van der Waals surface area contributed by atoms with Crippen LogP contribution >= 0.6 is 0 Å². The molecule has 2 aromatic carbocycles. The number of carbonyl (C=O) groups is 3. The molecule has 0 aliphatic carbocycles.